The largest absolute Gasteiger partial charge is 0.756 e. The van der Waals surface area contributed by atoms with Crippen LogP contribution in [0, 0.1) is 0 Å². The zero-order valence-electron chi connectivity index (χ0n) is 48.5. The first-order valence-corrected chi connectivity index (χ1v) is 33.0. The van der Waals surface area contributed by atoms with E-state index in [4.69, 9.17) is 9.05 Å². The minimum atomic E-state index is -4.59. The third-order valence-corrected chi connectivity index (χ3v) is 15.7. The highest BCUT2D eigenvalue weighted by atomic mass is 31.2. The second-order valence-corrected chi connectivity index (χ2v) is 24.5. The number of phosphoric acid groups is 1. The Labute approximate surface area is 443 Å². The fraction of sp³-hybridized carbons (Fsp3) is 0.952. The van der Waals surface area contributed by atoms with Gasteiger partial charge in [0.05, 0.1) is 39.9 Å². The van der Waals surface area contributed by atoms with Gasteiger partial charge in [-0.25, -0.2) is 0 Å². The van der Waals surface area contributed by atoms with Crippen molar-refractivity contribution in [1.29, 1.82) is 0 Å². The third kappa shape index (κ3) is 56.8. The number of aliphatic hydroxyl groups excluding tert-OH is 1. The van der Waals surface area contributed by atoms with Gasteiger partial charge in [-0.05, 0) is 19.3 Å². The topological polar surface area (TPSA) is 108 Å². The first kappa shape index (κ1) is 70.2. The van der Waals surface area contributed by atoms with E-state index < -0.39 is 20.0 Å². The summed E-state index contributed by atoms with van der Waals surface area (Å²) in [6.45, 7) is 4.71. The highest BCUT2D eigenvalue weighted by molar-refractivity contribution is 7.45. The fourth-order valence-corrected chi connectivity index (χ4v) is 10.5. The molecule has 2 N–H and O–H groups in total. The normalized spacial score (nSPS) is 13.8. The number of hydrogen-bond donors (Lipinski definition) is 2. The Bertz CT molecular complexity index is 1160. The van der Waals surface area contributed by atoms with Crippen molar-refractivity contribution in [3.63, 3.8) is 0 Å². The van der Waals surface area contributed by atoms with Gasteiger partial charge in [0.25, 0.3) is 7.82 Å². The first-order valence-electron chi connectivity index (χ1n) is 31.6. The highest BCUT2D eigenvalue weighted by Gasteiger charge is 2.23. The maximum atomic E-state index is 13.0. The molecule has 0 aliphatic rings. The molecule has 0 bridgehead atoms. The van der Waals surface area contributed by atoms with Crippen molar-refractivity contribution in [2.75, 3.05) is 40.9 Å². The van der Waals surface area contributed by atoms with E-state index in [0.29, 0.717) is 17.4 Å². The van der Waals surface area contributed by atoms with Crippen LogP contribution in [-0.4, -0.2) is 68.5 Å². The van der Waals surface area contributed by atoms with Crippen LogP contribution in [0.25, 0.3) is 0 Å². The van der Waals surface area contributed by atoms with Crippen LogP contribution in [0.4, 0.5) is 0 Å². The summed E-state index contributed by atoms with van der Waals surface area (Å²) < 4.78 is 23.4. The number of likely N-dealkylation sites (N-methyl/N-ethyl adjacent to an activating group) is 1. The lowest BCUT2D eigenvalue weighted by atomic mass is 10.0. The van der Waals surface area contributed by atoms with Crippen molar-refractivity contribution in [2.45, 2.75) is 341 Å². The first-order chi connectivity index (χ1) is 34.5. The third-order valence-electron chi connectivity index (χ3n) is 14.7. The number of amides is 1. The van der Waals surface area contributed by atoms with Gasteiger partial charge in [0.1, 0.15) is 13.2 Å². The molecule has 0 saturated heterocycles. The Balaban J connectivity index is 4.09. The van der Waals surface area contributed by atoms with Crippen LogP contribution >= 0.6 is 7.82 Å². The molecule has 0 aliphatic heterocycles. The number of carbonyl (C=O) groups excluding carboxylic acids is 1. The lowest BCUT2D eigenvalue weighted by molar-refractivity contribution is -0.870. The molecule has 0 aromatic carbocycles. The van der Waals surface area contributed by atoms with Gasteiger partial charge in [-0.3, -0.25) is 9.36 Å². The second kappa shape index (κ2) is 54.0. The molecule has 9 heteroatoms. The number of hydrogen-bond acceptors (Lipinski definition) is 6. The molecular formula is C62H125N2O6P. The minimum absolute atomic E-state index is 0.00283. The molecule has 0 aromatic rings. The van der Waals surface area contributed by atoms with Crippen LogP contribution in [0.3, 0.4) is 0 Å². The van der Waals surface area contributed by atoms with E-state index in [0.717, 1.165) is 38.5 Å². The van der Waals surface area contributed by atoms with E-state index >= 15 is 0 Å². The van der Waals surface area contributed by atoms with Gasteiger partial charge >= 0.3 is 0 Å². The molecule has 0 rings (SSSR count). The molecule has 0 radical (unpaired) electrons. The monoisotopic (exact) mass is 1020 g/mol. The molecule has 8 nitrogen and oxygen atoms in total. The van der Waals surface area contributed by atoms with Gasteiger partial charge < -0.3 is 28.8 Å². The predicted molar refractivity (Wildman–Crippen MR) is 307 cm³/mol. The van der Waals surface area contributed by atoms with Gasteiger partial charge in [0.15, 0.2) is 0 Å². The van der Waals surface area contributed by atoms with Gasteiger partial charge in [-0.2, -0.15) is 0 Å². The average molecular weight is 1030 g/mol. The zero-order chi connectivity index (χ0) is 52.0. The Kier molecular flexibility index (Phi) is 53.5. The Morgan fingerprint density at radius 1 is 0.479 bits per heavy atom. The van der Waals surface area contributed by atoms with Crippen LogP contribution < -0.4 is 10.2 Å². The maximum Gasteiger partial charge on any atom is 0.268 e. The molecule has 0 aromatic heterocycles. The summed E-state index contributed by atoms with van der Waals surface area (Å²) in [4.78, 5) is 25.5. The number of carbonyl (C=O) groups is 1. The summed E-state index contributed by atoms with van der Waals surface area (Å²) in [7, 11) is 1.28. The molecule has 3 unspecified atom stereocenters. The fourth-order valence-electron chi connectivity index (χ4n) is 9.81. The van der Waals surface area contributed by atoms with E-state index in [9.17, 15) is 19.4 Å². The molecule has 424 valence electrons. The number of phosphoric ester groups is 1. The number of nitrogens with one attached hydrogen (secondary N) is 1. The van der Waals surface area contributed by atoms with Gasteiger partial charge in [0, 0.05) is 6.42 Å². The van der Waals surface area contributed by atoms with Crippen molar-refractivity contribution in [3.8, 4) is 0 Å². The van der Waals surface area contributed by atoms with Crippen molar-refractivity contribution in [2.24, 2.45) is 0 Å². The highest BCUT2D eigenvalue weighted by Crippen LogP contribution is 2.38. The van der Waals surface area contributed by atoms with E-state index in [2.05, 4.69) is 19.2 Å². The molecule has 0 aliphatic carbocycles. The van der Waals surface area contributed by atoms with Gasteiger partial charge in [-0.1, -0.05) is 315 Å². The summed E-state index contributed by atoms with van der Waals surface area (Å²) in [6, 6.07) is -0.882. The summed E-state index contributed by atoms with van der Waals surface area (Å²) in [5.41, 5.74) is 0. The summed E-state index contributed by atoms with van der Waals surface area (Å²) in [5, 5.41) is 13.9. The van der Waals surface area contributed by atoms with Crippen molar-refractivity contribution >= 4 is 13.7 Å². The molecule has 1 amide bonds. The predicted octanol–water partition coefficient (Wildman–Crippen LogP) is 18.8. The SMILES string of the molecule is CCCCCCCCCCCCCCCCCCCCCCCCCCCCC/C=C/C(O)C(COP(=O)([O-])OCC[N+](C)(C)C)NC(=O)CCCCCCCCCCCCCCCCCCCCCC. The van der Waals surface area contributed by atoms with Crippen molar-refractivity contribution < 1.29 is 32.9 Å². The summed E-state index contributed by atoms with van der Waals surface area (Å²) in [5.74, 6) is -0.189. The van der Waals surface area contributed by atoms with Gasteiger partial charge in [-0.15, -0.1) is 0 Å². The molecule has 3 atom stereocenters. The zero-order valence-corrected chi connectivity index (χ0v) is 49.4. The quantitative estimate of drug-likeness (QED) is 0.0272. The number of aliphatic hydroxyl groups is 1. The van der Waals surface area contributed by atoms with Crippen LogP contribution in [-0.2, 0) is 18.4 Å². The lowest BCUT2D eigenvalue weighted by Crippen LogP contribution is -2.45. The Morgan fingerprint density at radius 2 is 0.761 bits per heavy atom. The Hall–Kier alpha value is -0.760. The van der Waals surface area contributed by atoms with Crippen LogP contribution in [0.2, 0.25) is 0 Å². The number of nitrogens with zero attached hydrogens (tertiary/aromatic N) is 1. The van der Waals surface area contributed by atoms with E-state index in [1.165, 1.54) is 270 Å². The van der Waals surface area contributed by atoms with Crippen LogP contribution in [0.5, 0.6) is 0 Å². The molecule has 0 spiro atoms. The Morgan fingerprint density at radius 3 is 1.06 bits per heavy atom. The number of quaternary nitrogens is 1. The van der Waals surface area contributed by atoms with Crippen LogP contribution in [0.1, 0.15) is 328 Å². The summed E-state index contributed by atoms with van der Waals surface area (Å²) in [6.07, 6.45) is 67.3. The van der Waals surface area contributed by atoms with Crippen molar-refractivity contribution in [3.05, 3.63) is 12.2 Å². The molecule has 0 heterocycles. The molecule has 0 fully saturated rings. The second-order valence-electron chi connectivity index (χ2n) is 23.1. The maximum absolute atomic E-state index is 13.0. The van der Waals surface area contributed by atoms with Gasteiger partial charge in [0.2, 0.25) is 5.91 Å². The molecule has 0 saturated carbocycles. The smallest absolute Gasteiger partial charge is 0.268 e. The van der Waals surface area contributed by atoms with Crippen molar-refractivity contribution in [1.82, 2.24) is 5.32 Å². The average Bonchev–Trinajstić information content (AvgIpc) is 3.33. The lowest BCUT2D eigenvalue weighted by Gasteiger charge is -2.29. The number of unbranched alkanes of at least 4 members (excludes halogenated alkanes) is 46. The minimum Gasteiger partial charge on any atom is -0.756 e. The number of rotatable bonds is 59. The molecule has 71 heavy (non-hydrogen) atoms. The van der Waals surface area contributed by atoms with E-state index in [1.54, 1.807) is 6.08 Å². The van der Waals surface area contributed by atoms with E-state index in [1.807, 2.05) is 27.2 Å². The summed E-state index contributed by atoms with van der Waals surface area (Å²) >= 11 is 0. The standard InChI is InChI=1S/C62H125N2O6P/c1-6-8-10-12-14-16-18-20-22-24-26-28-29-30-31-32-33-34-35-36-37-39-41-43-45-47-49-51-53-55-61(65)60(59-70-71(67,68)69-58-57-64(3,4)5)63-62(66)56-54-52-50-48-46-44-42-40-38-27-25-23-21-19-17-15-13-11-9-7-2/h53,55,60-61,65H,6-52,54,56-59H2,1-5H3,(H-,63,66,67,68)/b55-53+. The van der Waals surface area contributed by atoms with E-state index in [-0.39, 0.29) is 19.1 Å². The number of allylic oxidation sites excluding steroid dienone is 1. The molecular weight excluding hydrogens is 900 g/mol. The van der Waals surface area contributed by atoms with Crippen LogP contribution in [0.15, 0.2) is 12.2 Å².